The van der Waals surface area contributed by atoms with Gasteiger partial charge in [-0.15, -0.1) is 11.3 Å². The number of hydrogen-bond acceptors (Lipinski definition) is 5. The number of nitrogens with one attached hydrogen (secondary N) is 3. The van der Waals surface area contributed by atoms with Crippen LogP contribution in [0.3, 0.4) is 0 Å². The van der Waals surface area contributed by atoms with Crippen molar-refractivity contribution in [2.45, 2.75) is 59.2 Å². The zero-order valence-electron chi connectivity index (χ0n) is 15.6. The summed E-state index contributed by atoms with van der Waals surface area (Å²) >= 11 is 1.61. The second kappa shape index (κ2) is 8.32. The first-order chi connectivity index (χ1) is 11.0. The molecule has 8 heteroatoms. The summed E-state index contributed by atoms with van der Waals surface area (Å²) in [7, 11) is 1.71. The van der Waals surface area contributed by atoms with Crippen LogP contribution in [0.4, 0.5) is 4.79 Å². The van der Waals surface area contributed by atoms with Crippen LogP contribution >= 0.6 is 11.3 Å². The van der Waals surface area contributed by atoms with E-state index >= 15 is 0 Å². The fraction of sp³-hybridized carbons (Fsp3) is 0.688. The minimum atomic E-state index is -0.516. The molecule has 0 unspecified atom stereocenters. The summed E-state index contributed by atoms with van der Waals surface area (Å²) in [4.78, 5) is 21.5. The van der Waals surface area contributed by atoms with Gasteiger partial charge < -0.3 is 20.7 Å². The van der Waals surface area contributed by atoms with Crippen molar-refractivity contribution in [1.82, 2.24) is 20.9 Å². The third kappa shape index (κ3) is 7.63. The Morgan fingerprint density at radius 2 is 1.96 bits per heavy atom. The number of alkyl carbamates (subject to hydrolysis) is 1. The van der Waals surface area contributed by atoms with Crippen LogP contribution in [0.25, 0.3) is 0 Å². The maximum Gasteiger partial charge on any atom is 0.408 e. The number of carbonyl (C=O) groups is 1. The number of aliphatic imine (C=N–C) groups is 1. The fourth-order valence-electron chi connectivity index (χ4n) is 1.81. The van der Waals surface area contributed by atoms with Gasteiger partial charge >= 0.3 is 6.09 Å². The summed E-state index contributed by atoms with van der Waals surface area (Å²) < 4.78 is 5.29. The monoisotopic (exact) mass is 355 g/mol. The molecule has 0 bridgehead atoms. The third-order valence-electron chi connectivity index (χ3n) is 3.02. The van der Waals surface area contributed by atoms with Gasteiger partial charge in [-0.05, 0) is 41.5 Å². The van der Waals surface area contributed by atoms with Gasteiger partial charge in [0.2, 0.25) is 0 Å². The Morgan fingerprint density at radius 3 is 2.46 bits per heavy atom. The van der Waals surface area contributed by atoms with E-state index in [4.69, 9.17) is 4.74 Å². The van der Waals surface area contributed by atoms with E-state index in [9.17, 15) is 4.79 Å². The molecule has 0 saturated carbocycles. The molecular formula is C16H29N5O2S. The zero-order valence-corrected chi connectivity index (χ0v) is 16.4. The molecule has 3 N–H and O–H groups in total. The molecule has 0 atom stereocenters. The largest absolute Gasteiger partial charge is 0.444 e. The highest BCUT2D eigenvalue weighted by atomic mass is 32.1. The van der Waals surface area contributed by atoms with Gasteiger partial charge in [0.25, 0.3) is 0 Å². The Labute approximate surface area is 148 Å². The number of aromatic nitrogens is 1. The summed E-state index contributed by atoms with van der Waals surface area (Å²) in [5, 5.41) is 9.31. The minimum absolute atomic E-state index is 0.433. The van der Waals surface area contributed by atoms with E-state index in [1.165, 1.54) is 4.88 Å². The molecule has 1 aromatic heterocycles. The van der Waals surface area contributed by atoms with Crippen LogP contribution in [0.1, 0.15) is 45.2 Å². The molecule has 0 radical (unpaired) electrons. The van der Waals surface area contributed by atoms with Crippen molar-refractivity contribution in [2.24, 2.45) is 4.99 Å². The minimum Gasteiger partial charge on any atom is -0.444 e. The molecule has 136 valence electrons. The fourth-order valence-corrected chi connectivity index (χ4v) is 2.53. The number of hydrogen-bond donors (Lipinski definition) is 3. The highest BCUT2D eigenvalue weighted by Gasteiger charge is 2.24. The van der Waals surface area contributed by atoms with E-state index in [1.54, 1.807) is 18.4 Å². The molecule has 0 aliphatic carbocycles. The predicted octanol–water partition coefficient (Wildman–Crippen LogP) is 2.42. The SMILES string of the molecule is CN=C(NCc1scnc1C)NCC(C)(C)NC(=O)OC(C)(C)C. The van der Waals surface area contributed by atoms with Crippen molar-refractivity contribution in [3.05, 3.63) is 16.1 Å². The molecule has 1 heterocycles. The molecule has 24 heavy (non-hydrogen) atoms. The number of carbonyl (C=O) groups excluding carboxylic acids is 1. The van der Waals surface area contributed by atoms with E-state index in [0.717, 1.165) is 5.69 Å². The lowest BCUT2D eigenvalue weighted by Gasteiger charge is -2.29. The summed E-state index contributed by atoms with van der Waals surface area (Å²) in [6.07, 6.45) is -0.433. The van der Waals surface area contributed by atoms with Crippen molar-refractivity contribution >= 4 is 23.4 Å². The van der Waals surface area contributed by atoms with Gasteiger partial charge in [-0.1, -0.05) is 0 Å². The number of ether oxygens (including phenoxy) is 1. The highest BCUT2D eigenvalue weighted by molar-refractivity contribution is 7.09. The van der Waals surface area contributed by atoms with Crippen molar-refractivity contribution in [3.63, 3.8) is 0 Å². The van der Waals surface area contributed by atoms with Crippen LogP contribution in [0.2, 0.25) is 0 Å². The molecular weight excluding hydrogens is 326 g/mol. The van der Waals surface area contributed by atoms with Gasteiger partial charge in [0.1, 0.15) is 5.60 Å². The van der Waals surface area contributed by atoms with Gasteiger partial charge in [-0.3, -0.25) is 4.99 Å². The summed E-state index contributed by atoms with van der Waals surface area (Å²) in [6.45, 7) is 12.5. The first kappa shape index (κ1) is 20.2. The van der Waals surface area contributed by atoms with Crippen LogP contribution in [0.15, 0.2) is 10.5 Å². The number of nitrogens with zero attached hydrogens (tertiary/aromatic N) is 2. The molecule has 0 saturated heterocycles. The predicted molar refractivity (Wildman–Crippen MR) is 98.5 cm³/mol. The van der Waals surface area contributed by atoms with Crippen LogP contribution < -0.4 is 16.0 Å². The highest BCUT2D eigenvalue weighted by Crippen LogP contribution is 2.11. The van der Waals surface area contributed by atoms with Crippen molar-refractivity contribution < 1.29 is 9.53 Å². The van der Waals surface area contributed by atoms with Crippen LogP contribution in [-0.2, 0) is 11.3 Å². The quantitative estimate of drug-likeness (QED) is 0.558. The van der Waals surface area contributed by atoms with Crippen molar-refractivity contribution in [1.29, 1.82) is 0 Å². The Morgan fingerprint density at radius 1 is 1.29 bits per heavy atom. The standard InChI is InChI=1S/C16H29N5O2S/c1-11-12(24-10-20-11)8-18-13(17-7)19-9-16(5,6)21-14(22)23-15(2,3)4/h10H,8-9H2,1-7H3,(H,21,22)(H2,17,18,19). The molecule has 1 aromatic rings. The molecule has 1 amide bonds. The van der Waals surface area contributed by atoms with Gasteiger partial charge in [0.15, 0.2) is 5.96 Å². The number of aryl methyl sites for hydroxylation is 1. The summed E-state index contributed by atoms with van der Waals surface area (Å²) in [5.41, 5.74) is 1.85. The van der Waals surface area contributed by atoms with Crippen molar-refractivity contribution in [2.75, 3.05) is 13.6 Å². The molecule has 0 aromatic carbocycles. The maximum atomic E-state index is 11.9. The first-order valence-electron chi connectivity index (χ1n) is 7.87. The second-order valence-corrected chi connectivity index (χ2v) is 8.09. The Bertz CT molecular complexity index is 575. The van der Waals surface area contributed by atoms with Crippen molar-refractivity contribution in [3.8, 4) is 0 Å². The Kier molecular flexibility index (Phi) is 7.01. The third-order valence-corrected chi connectivity index (χ3v) is 3.96. The molecule has 0 aliphatic rings. The number of thiazole rings is 1. The van der Waals surface area contributed by atoms with E-state index in [1.807, 2.05) is 47.1 Å². The molecule has 0 fully saturated rings. The van der Waals surface area contributed by atoms with Gasteiger partial charge in [0, 0.05) is 18.5 Å². The van der Waals surface area contributed by atoms with Gasteiger partial charge in [-0.2, -0.15) is 0 Å². The number of guanidine groups is 1. The second-order valence-electron chi connectivity index (χ2n) is 7.15. The maximum absolute atomic E-state index is 11.9. The number of rotatable bonds is 5. The summed E-state index contributed by atoms with van der Waals surface area (Å²) in [6, 6.07) is 0. The normalized spacial score (nSPS) is 12.7. The zero-order chi connectivity index (χ0) is 18.4. The average molecular weight is 356 g/mol. The molecule has 7 nitrogen and oxygen atoms in total. The van der Waals surface area contributed by atoms with E-state index < -0.39 is 17.2 Å². The number of amides is 1. The molecule has 0 spiro atoms. The van der Waals surface area contributed by atoms with Crippen LogP contribution in [0.5, 0.6) is 0 Å². The van der Waals surface area contributed by atoms with Gasteiger partial charge in [-0.25, -0.2) is 9.78 Å². The van der Waals surface area contributed by atoms with Gasteiger partial charge in [0.05, 0.1) is 23.3 Å². The first-order valence-corrected chi connectivity index (χ1v) is 8.75. The molecule has 1 rings (SSSR count). The lowest BCUT2D eigenvalue weighted by molar-refractivity contribution is 0.0474. The average Bonchev–Trinajstić information content (AvgIpc) is 2.81. The molecule has 0 aliphatic heterocycles. The lowest BCUT2D eigenvalue weighted by Crippen LogP contribution is -2.54. The lowest BCUT2D eigenvalue weighted by atomic mass is 10.1. The Balaban J connectivity index is 2.46. The van der Waals surface area contributed by atoms with Crippen LogP contribution in [-0.4, -0.2) is 41.8 Å². The van der Waals surface area contributed by atoms with Crippen LogP contribution in [0, 0.1) is 6.92 Å². The van der Waals surface area contributed by atoms with E-state index in [-0.39, 0.29) is 0 Å². The summed E-state index contributed by atoms with van der Waals surface area (Å²) in [5.74, 6) is 0.668. The van der Waals surface area contributed by atoms with E-state index in [2.05, 4.69) is 25.9 Å². The van der Waals surface area contributed by atoms with E-state index in [0.29, 0.717) is 19.0 Å². The smallest absolute Gasteiger partial charge is 0.408 e. The topological polar surface area (TPSA) is 87.6 Å². The Hall–Kier alpha value is -1.83.